The number of quaternary nitrogens is 1. The Labute approximate surface area is 139 Å². The largest absolute Gasteiger partial charge is 0.463 e. The van der Waals surface area contributed by atoms with E-state index < -0.39 is 0 Å². The van der Waals surface area contributed by atoms with Crippen LogP contribution in [0, 0.1) is 0 Å². The Morgan fingerprint density at radius 2 is 2.09 bits per heavy atom. The van der Waals surface area contributed by atoms with Gasteiger partial charge in [-0.1, -0.05) is 29.3 Å². The molecule has 1 aromatic heterocycles. The zero-order chi connectivity index (χ0) is 16.1. The lowest BCUT2D eigenvalue weighted by Gasteiger charge is -2.16. The van der Waals surface area contributed by atoms with Crippen molar-refractivity contribution in [3.8, 4) is 0 Å². The van der Waals surface area contributed by atoms with Crippen LogP contribution in [0.2, 0.25) is 10.0 Å². The first-order valence-corrected chi connectivity index (χ1v) is 7.84. The summed E-state index contributed by atoms with van der Waals surface area (Å²) in [5, 5.41) is 5.98. The minimum Gasteiger partial charge on any atom is -0.463 e. The van der Waals surface area contributed by atoms with Crippen LogP contribution in [0.25, 0.3) is 0 Å². The number of hydrogen-bond acceptors (Lipinski definition) is 2. The van der Waals surface area contributed by atoms with Gasteiger partial charge in [0.05, 0.1) is 12.3 Å². The van der Waals surface area contributed by atoms with Crippen LogP contribution in [0.15, 0.2) is 41.0 Å². The Morgan fingerprint density at radius 3 is 2.73 bits per heavy atom. The third-order valence-corrected chi connectivity index (χ3v) is 4.02. The third-order valence-electron chi connectivity index (χ3n) is 3.46. The number of nitrogens with one attached hydrogen (secondary N) is 1. The highest BCUT2D eigenvalue weighted by atomic mass is 35.5. The molecule has 0 aliphatic heterocycles. The second-order valence-electron chi connectivity index (χ2n) is 5.20. The van der Waals surface area contributed by atoms with Crippen LogP contribution in [0.1, 0.15) is 37.3 Å². The van der Waals surface area contributed by atoms with Gasteiger partial charge in [0.1, 0.15) is 6.04 Å². The Morgan fingerprint density at radius 1 is 1.32 bits per heavy atom. The van der Waals surface area contributed by atoms with E-state index in [9.17, 15) is 4.79 Å². The molecule has 0 saturated carbocycles. The summed E-state index contributed by atoms with van der Waals surface area (Å²) in [4.78, 5) is 12.0. The van der Waals surface area contributed by atoms with Gasteiger partial charge < -0.3 is 15.1 Å². The summed E-state index contributed by atoms with van der Waals surface area (Å²) in [6, 6.07) is 8.91. The minimum absolute atomic E-state index is 0.0584. The molecule has 2 rings (SSSR count). The number of nitrogens with two attached hydrogens (primary N) is 1. The van der Waals surface area contributed by atoms with Gasteiger partial charge >= 0.3 is 0 Å². The van der Waals surface area contributed by atoms with Crippen LogP contribution in [-0.2, 0) is 4.79 Å². The SMILES string of the molecule is C[C@H]([NH2+]CC(=O)N[C@H](C)c1ccc(Cl)cc1Cl)c1ccco1. The van der Waals surface area contributed by atoms with Crippen LogP contribution < -0.4 is 10.6 Å². The zero-order valence-electron chi connectivity index (χ0n) is 12.5. The number of rotatable bonds is 6. The van der Waals surface area contributed by atoms with E-state index in [0.29, 0.717) is 16.6 Å². The third kappa shape index (κ3) is 4.50. The zero-order valence-corrected chi connectivity index (χ0v) is 14.0. The summed E-state index contributed by atoms with van der Waals surface area (Å²) in [7, 11) is 0. The van der Waals surface area contributed by atoms with E-state index >= 15 is 0 Å². The maximum absolute atomic E-state index is 12.0. The Balaban J connectivity index is 1.86. The molecule has 4 nitrogen and oxygen atoms in total. The lowest BCUT2D eigenvalue weighted by Crippen LogP contribution is -2.87. The molecule has 2 atom stereocenters. The van der Waals surface area contributed by atoms with Gasteiger partial charge in [0.2, 0.25) is 0 Å². The fraction of sp³-hybridized carbons (Fsp3) is 0.312. The van der Waals surface area contributed by atoms with Crippen LogP contribution in [0.5, 0.6) is 0 Å². The molecule has 0 bridgehead atoms. The number of hydrogen-bond donors (Lipinski definition) is 2. The first-order valence-electron chi connectivity index (χ1n) is 7.08. The maximum atomic E-state index is 12.0. The lowest BCUT2D eigenvalue weighted by molar-refractivity contribution is -0.684. The van der Waals surface area contributed by atoms with Crippen molar-refractivity contribution in [2.75, 3.05) is 6.54 Å². The van der Waals surface area contributed by atoms with E-state index in [1.54, 1.807) is 18.4 Å². The van der Waals surface area contributed by atoms with Crippen molar-refractivity contribution in [3.63, 3.8) is 0 Å². The molecule has 6 heteroatoms. The highest BCUT2D eigenvalue weighted by molar-refractivity contribution is 6.35. The van der Waals surface area contributed by atoms with Crippen molar-refractivity contribution >= 4 is 29.1 Å². The molecule has 0 fully saturated rings. The van der Waals surface area contributed by atoms with E-state index in [-0.39, 0.29) is 18.0 Å². The van der Waals surface area contributed by atoms with Gasteiger partial charge in [0, 0.05) is 10.0 Å². The predicted molar refractivity (Wildman–Crippen MR) is 86.9 cm³/mol. The molecule has 0 unspecified atom stereocenters. The minimum atomic E-state index is -0.176. The number of benzene rings is 1. The van der Waals surface area contributed by atoms with Gasteiger partial charge in [-0.15, -0.1) is 0 Å². The molecule has 1 aromatic carbocycles. The van der Waals surface area contributed by atoms with E-state index in [1.807, 2.05) is 37.4 Å². The van der Waals surface area contributed by atoms with Gasteiger partial charge in [-0.25, -0.2) is 0 Å². The molecule has 3 N–H and O–H groups in total. The van der Waals surface area contributed by atoms with Crippen LogP contribution in [0.4, 0.5) is 0 Å². The molecule has 0 spiro atoms. The van der Waals surface area contributed by atoms with E-state index in [4.69, 9.17) is 27.6 Å². The van der Waals surface area contributed by atoms with E-state index in [0.717, 1.165) is 11.3 Å². The molecule has 22 heavy (non-hydrogen) atoms. The van der Waals surface area contributed by atoms with Gasteiger partial charge in [0.15, 0.2) is 12.3 Å². The summed E-state index contributed by atoms with van der Waals surface area (Å²) < 4.78 is 5.31. The van der Waals surface area contributed by atoms with Gasteiger partial charge in [-0.3, -0.25) is 4.79 Å². The van der Waals surface area contributed by atoms with Crippen molar-refractivity contribution in [3.05, 3.63) is 58.0 Å². The quantitative estimate of drug-likeness (QED) is 0.848. The molecule has 118 valence electrons. The molecule has 1 heterocycles. The summed E-state index contributed by atoms with van der Waals surface area (Å²) in [5.41, 5.74) is 0.846. The fourth-order valence-electron chi connectivity index (χ4n) is 2.18. The highest BCUT2D eigenvalue weighted by Gasteiger charge is 2.16. The number of amides is 1. The number of carbonyl (C=O) groups excluding carboxylic acids is 1. The summed E-state index contributed by atoms with van der Waals surface area (Å²) in [6.07, 6.45) is 1.63. The predicted octanol–water partition coefficient (Wildman–Crippen LogP) is 3.09. The van der Waals surface area contributed by atoms with Gasteiger partial charge in [0.25, 0.3) is 5.91 Å². The fourth-order valence-corrected chi connectivity index (χ4v) is 2.75. The molecule has 2 aromatic rings. The first kappa shape index (κ1) is 16.9. The second-order valence-corrected chi connectivity index (χ2v) is 6.04. The van der Waals surface area contributed by atoms with Crippen molar-refractivity contribution in [2.24, 2.45) is 0 Å². The highest BCUT2D eigenvalue weighted by Crippen LogP contribution is 2.25. The number of halogens is 2. The maximum Gasteiger partial charge on any atom is 0.275 e. The molecular formula is C16H19Cl2N2O2+. The summed E-state index contributed by atoms with van der Waals surface area (Å²) in [6.45, 7) is 4.20. The van der Waals surface area contributed by atoms with Crippen molar-refractivity contribution in [1.82, 2.24) is 5.32 Å². The van der Waals surface area contributed by atoms with E-state index in [1.165, 1.54) is 0 Å². The number of carbonyl (C=O) groups is 1. The topological polar surface area (TPSA) is 58.9 Å². The normalized spacial score (nSPS) is 13.6. The van der Waals surface area contributed by atoms with E-state index in [2.05, 4.69) is 5.32 Å². The van der Waals surface area contributed by atoms with Crippen LogP contribution >= 0.6 is 23.2 Å². The van der Waals surface area contributed by atoms with Gasteiger partial charge in [-0.2, -0.15) is 0 Å². The molecule has 0 saturated heterocycles. The van der Waals surface area contributed by atoms with Crippen LogP contribution in [0.3, 0.4) is 0 Å². The Bertz CT molecular complexity index is 629. The Hall–Kier alpha value is -1.49. The average molecular weight is 342 g/mol. The Kier molecular flexibility index (Phi) is 5.89. The summed E-state index contributed by atoms with van der Waals surface area (Å²) in [5.74, 6) is 0.790. The van der Waals surface area contributed by atoms with Crippen molar-refractivity contribution in [1.29, 1.82) is 0 Å². The van der Waals surface area contributed by atoms with Crippen molar-refractivity contribution < 1.29 is 14.5 Å². The standard InChI is InChI=1S/C16H18Cl2N2O2/c1-10(13-6-5-12(17)8-14(13)18)20-16(21)9-19-11(2)15-4-3-7-22-15/h3-8,10-11,19H,9H2,1-2H3,(H,20,21)/p+1/t10-,11+/m1/s1. The monoisotopic (exact) mass is 341 g/mol. The number of furan rings is 1. The lowest BCUT2D eigenvalue weighted by atomic mass is 10.1. The molecule has 1 amide bonds. The average Bonchev–Trinajstić information content (AvgIpc) is 2.98. The van der Waals surface area contributed by atoms with Crippen molar-refractivity contribution in [2.45, 2.75) is 25.9 Å². The molecular weight excluding hydrogens is 323 g/mol. The molecule has 0 aliphatic rings. The van der Waals surface area contributed by atoms with Crippen LogP contribution in [-0.4, -0.2) is 12.5 Å². The molecule has 0 aliphatic carbocycles. The molecule has 0 radical (unpaired) electrons. The van der Waals surface area contributed by atoms with Gasteiger partial charge in [-0.05, 0) is 43.7 Å². The summed E-state index contributed by atoms with van der Waals surface area (Å²) >= 11 is 12.0. The second kappa shape index (κ2) is 7.68. The smallest absolute Gasteiger partial charge is 0.275 e. The first-order chi connectivity index (χ1) is 10.5.